The SMILES string of the molecule is Cc1ccc(Br)c(OC[C@@H]2CO2)c1. The largest absolute Gasteiger partial charge is 0.490 e. The van der Waals surface area contributed by atoms with E-state index in [4.69, 9.17) is 9.47 Å². The van der Waals surface area contributed by atoms with Gasteiger partial charge >= 0.3 is 0 Å². The summed E-state index contributed by atoms with van der Waals surface area (Å²) in [7, 11) is 0. The molecule has 1 heterocycles. The monoisotopic (exact) mass is 242 g/mol. The number of hydrogen-bond donors (Lipinski definition) is 0. The standard InChI is InChI=1S/C10H11BrO2/c1-7-2-3-9(11)10(4-7)13-6-8-5-12-8/h2-4,8H,5-6H2,1H3/t8-/m0/s1. The summed E-state index contributed by atoms with van der Waals surface area (Å²) in [4.78, 5) is 0. The second-order valence-electron chi connectivity index (χ2n) is 3.20. The van der Waals surface area contributed by atoms with Crippen LogP contribution in [0.3, 0.4) is 0 Å². The van der Waals surface area contributed by atoms with Crippen molar-refractivity contribution in [3.63, 3.8) is 0 Å². The fourth-order valence-electron chi connectivity index (χ4n) is 1.07. The Bertz CT molecular complexity index is 308. The van der Waals surface area contributed by atoms with Crippen molar-refractivity contribution in [2.24, 2.45) is 0 Å². The van der Waals surface area contributed by atoms with Gasteiger partial charge in [0.1, 0.15) is 18.5 Å². The minimum absolute atomic E-state index is 0.312. The van der Waals surface area contributed by atoms with Crippen molar-refractivity contribution in [2.45, 2.75) is 13.0 Å². The molecule has 2 rings (SSSR count). The third kappa shape index (κ3) is 2.45. The summed E-state index contributed by atoms with van der Waals surface area (Å²) in [5.41, 5.74) is 1.20. The number of hydrogen-bond acceptors (Lipinski definition) is 2. The zero-order chi connectivity index (χ0) is 9.26. The van der Waals surface area contributed by atoms with Crippen LogP contribution in [0, 0.1) is 6.92 Å². The van der Waals surface area contributed by atoms with Gasteiger partial charge in [0.25, 0.3) is 0 Å². The normalized spacial score (nSPS) is 20.0. The number of aryl methyl sites for hydroxylation is 1. The Kier molecular flexibility index (Phi) is 2.56. The molecule has 0 radical (unpaired) electrons. The molecule has 0 bridgehead atoms. The van der Waals surface area contributed by atoms with Crippen LogP contribution in [0.5, 0.6) is 5.75 Å². The molecule has 1 aromatic rings. The molecule has 1 aromatic carbocycles. The van der Waals surface area contributed by atoms with E-state index in [0.717, 1.165) is 16.8 Å². The van der Waals surface area contributed by atoms with E-state index in [1.54, 1.807) is 0 Å². The Hall–Kier alpha value is -0.540. The molecule has 0 saturated carbocycles. The predicted molar refractivity (Wildman–Crippen MR) is 54.1 cm³/mol. The molecule has 0 unspecified atom stereocenters. The lowest BCUT2D eigenvalue weighted by Gasteiger charge is -2.06. The van der Waals surface area contributed by atoms with E-state index in [2.05, 4.69) is 15.9 Å². The van der Waals surface area contributed by atoms with Crippen molar-refractivity contribution in [2.75, 3.05) is 13.2 Å². The number of rotatable bonds is 3. The average molecular weight is 243 g/mol. The Morgan fingerprint density at radius 2 is 2.38 bits per heavy atom. The molecule has 3 heteroatoms. The number of halogens is 1. The summed E-state index contributed by atoms with van der Waals surface area (Å²) in [6.45, 7) is 3.54. The fraction of sp³-hybridized carbons (Fsp3) is 0.400. The highest BCUT2D eigenvalue weighted by molar-refractivity contribution is 9.10. The zero-order valence-electron chi connectivity index (χ0n) is 7.42. The van der Waals surface area contributed by atoms with Gasteiger partial charge in [-0.05, 0) is 40.5 Å². The number of ether oxygens (including phenoxy) is 2. The highest BCUT2D eigenvalue weighted by atomic mass is 79.9. The average Bonchev–Trinajstić information content (AvgIpc) is 2.90. The lowest BCUT2D eigenvalue weighted by Crippen LogP contribution is -2.04. The van der Waals surface area contributed by atoms with Gasteiger partial charge < -0.3 is 9.47 Å². The van der Waals surface area contributed by atoms with E-state index in [0.29, 0.717) is 12.7 Å². The van der Waals surface area contributed by atoms with E-state index in [9.17, 15) is 0 Å². The maximum atomic E-state index is 5.57. The summed E-state index contributed by atoms with van der Waals surface area (Å²) in [6, 6.07) is 6.06. The summed E-state index contributed by atoms with van der Waals surface area (Å²) in [5.74, 6) is 0.899. The minimum Gasteiger partial charge on any atom is -0.490 e. The Morgan fingerprint density at radius 3 is 3.08 bits per heavy atom. The van der Waals surface area contributed by atoms with Crippen LogP contribution in [0.25, 0.3) is 0 Å². The highest BCUT2D eigenvalue weighted by Crippen LogP contribution is 2.26. The van der Waals surface area contributed by atoms with Gasteiger partial charge in [-0.3, -0.25) is 0 Å². The van der Waals surface area contributed by atoms with E-state index in [-0.39, 0.29) is 0 Å². The molecular formula is C10H11BrO2. The van der Waals surface area contributed by atoms with Gasteiger partial charge in [-0.25, -0.2) is 0 Å². The summed E-state index contributed by atoms with van der Waals surface area (Å²) in [6.07, 6.45) is 0.312. The molecule has 70 valence electrons. The van der Waals surface area contributed by atoms with Crippen LogP contribution in [0.15, 0.2) is 22.7 Å². The molecular weight excluding hydrogens is 232 g/mol. The Morgan fingerprint density at radius 1 is 1.62 bits per heavy atom. The molecule has 1 aliphatic rings. The van der Waals surface area contributed by atoms with Crippen LogP contribution in [0.2, 0.25) is 0 Å². The highest BCUT2D eigenvalue weighted by Gasteiger charge is 2.23. The topological polar surface area (TPSA) is 21.8 Å². The zero-order valence-corrected chi connectivity index (χ0v) is 9.00. The molecule has 1 atom stereocenters. The van der Waals surface area contributed by atoms with Crippen molar-refractivity contribution >= 4 is 15.9 Å². The first-order valence-corrected chi connectivity index (χ1v) is 5.05. The second kappa shape index (κ2) is 3.68. The van der Waals surface area contributed by atoms with Crippen molar-refractivity contribution in [3.05, 3.63) is 28.2 Å². The van der Waals surface area contributed by atoms with E-state index < -0.39 is 0 Å². The first-order valence-electron chi connectivity index (χ1n) is 4.26. The maximum absolute atomic E-state index is 5.57. The predicted octanol–water partition coefficient (Wildman–Crippen LogP) is 2.54. The van der Waals surface area contributed by atoms with Gasteiger partial charge in [-0.1, -0.05) is 6.07 Å². The van der Waals surface area contributed by atoms with Gasteiger partial charge in [0.2, 0.25) is 0 Å². The quantitative estimate of drug-likeness (QED) is 0.761. The van der Waals surface area contributed by atoms with Crippen LogP contribution >= 0.6 is 15.9 Å². The third-order valence-corrected chi connectivity index (χ3v) is 2.57. The number of benzene rings is 1. The van der Waals surface area contributed by atoms with E-state index in [1.807, 2.05) is 25.1 Å². The molecule has 1 fully saturated rings. The first kappa shape index (κ1) is 9.03. The third-order valence-electron chi connectivity index (χ3n) is 1.91. The van der Waals surface area contributed by atoms with Crippen molar-refractivity contribution in [1.82, 2.24) is 0 Å². The van der Waals surface area contributed by atoms with Gasteiger partial charge in [0.15, 0.2) is 0 Å². The van der Waals surface area contributed by atoms with Crippen LogP contribution in [0.4, 0.5) is 0 Å². The van der Waals surface area contributed by atoms with Gasteiger partial charge in [-0.2, -0.15) is 0 Å². The van der Waals surface area contributed by atoms with Gasteiger partial charge in [0.05, 0.1) is 11.1 Å². The van der Waals surface area contributed by atoms with E-state index >= 15 is 0 Å². The molecule has 0 aromatic heterocycles. The lowest BCUT2D eigenvalue weighted by atomic mass is 10.2. The molecule has 0 amide bonds. The Labute approximate surface area is 86.0 Å². The molecule has 13 heavy (non-hydrogen) atoms. The number of epoxide rings is 1. The molecule has 0 aliphatic carbocycles. The summed E-state index contributed by atoms with van der Waals surface area (Å²) >= 11 is 3.44. The first-order chi connectivity index (χ1) is 6.25. The van der Waals surface area contributed by atoms with Crippen molar-refractivity contribution in [1.29, 1.82) is 0 Å². The Balaban J connectivity index is 2.03. The van der Waals surface area contributed by atoms with Crippen LogP contribution in [-0.2, 0) is 4.74 Å². The molecule has 0 spiro atoms. The van der Waals surface area contributed by atoms with Gasteiger partial charge in [0, 0.05) is 0 Å². The van der Waals surface area contributed by atoms with Crippen molar-refractivity contribution in [3.8, 4) is 5.75 Å². The molecule has 0 N–H and O–H groups in total. The summed E-state index contributed by atoms with van der Waals surface area (Å²) in [5, 5.41) is 0. The smallest absolute Gasteiger partial charge is 0.133 e. The van der Waals surface area contributed by atoms with Crippen LogP contribution in [0.1, 0.15) is 5.56 Å². The van der Waals surface area contributed by atoms with Crippen LogP contribution in [-0.4, -0.2) is 19.3 Å². The summed E-state index contributed by atoms with van der Waals surface area (Å²) < 4.78 is 11.6. The maximum Gasteiger partial charge on any atom is 0.133 e. The molecule has 2 nitrogen and oxygen atoms in total. The van der Waals surface area contributed by atoms with Gasteiger partial charge in [-0.15, -0.1) is 0 Å². The lowest BCUT2D eigenvalue weighted by molar-refractivity contribution is 0.261. The second-order valence-corrected chi connectivity index (χ2v) is 4.05. The van der Waals surface area contributed by atoms with E-state index in [1.165, 1.54) is 5.56 Å². The molecule has 1 saturated heterocycles. The fourth-order valence-corrected chi connectivity index (χ4v) is 1.43. The molecule has 1 aliphatic heterocycles. The van der Waals surface area contributed by atoms with Crippen LogP contribution < -0.4 is 4.74 Å². The van der Waals surface area contributed by atoms with Crippen molar-refractivity contribution < 1.29 is 9.47 Å². The minimum atomic E-state index is 0.312.